The van der Waals surface area contributed by atoms with Gasteiger partial charge in [0.2, 0.25) is 0 Å². The minimum Gasteiger partial charge on any atom is -0.398 e. The number of halogens is 6. The lowest BCUT2D eigenvalue weighted by Crippen LogP contribution is -2.32. The molecule has 0 radical (unpaired) electrons. The van der Waals surface area contributed by atoms with Crippen LogP contribution in [-0.2, 0) is 12.5 Å². The fourth-order valence-electron chi connectivity index (χ4n) is 3.76. The molecule has 0 saturated heterocycles. The first-order chi connectivity index (χ1) is 18.3. The van der Waals surface area contributed by atoms with Crippen molar-refractivity contribution in [3.8, 4) is 0 Å². The van der Waals surface area contributed by atoms with E-state index in [1.165, 1.54) is 30.3 Å². The number of alkyl halides is 5. The summed E-state index contributed by atoms with van der Waals surface area (Å²) in [7, 11) is 0.937. The highest BCUT2D eigenvalue weighted by Crippen LogP contribution is 2.34. The third kappa shape index (κ3) is 7.05. The molecule has 0 aliphatic carbocycles. The Hall–Kier alpha value is -4.12. The van der Waals surface area contributed by atoms with Crippen molar-refractivity contribution in [3.63, 3.8) is 0 Å². The third-order valence-electron chi connectivity index (χ3n) is 5.66. The molecular weight excluding hydrogens is 543 g/mol. The summed E-state index contributed by atoms with van der Waals surface area (Å²) >= 11 is 5.95. The van der Waals surface area contributed by atoms with E-state index in [-0.39, 0.29) is 29.0 Å². The quantitative estimate of drug-likeness (QED) is 0.173. The zero-order chi connectivity index (χ0) is 29.0. The third-order valence-corrected chi connectivity index (χ3v) is 5.91. The predicted octanol–water partition coefficient (Wildman–Crippen LogP) is 7.63. The molecule has 0 heterocycles. The lowest BCUT2D eigenvalue weighted by Gasteiger charge is -2.26. The van der Waals surface area contributed by atoms with Crippen LogP contribution in [0.5, 0.6) is 0 Å². The molecule has 12 heteroatoms. The molecule has 0 unspecified atom stereocenters. The first-order valence-corrected chi connectivity index (χ1v) is 11.7. The van der Waals surface area contributed by atoms with E-state index in [2.05, 4.69) is 10.2 Å². The second kappa shape index (κ2) is 11.7. The molecule has 2 N–H and O–H groups in total. The predicted molar refractivity (Wildman–Crippen MR) is 141 cm³/mol. The van der Waals surface area contributed by atoms with Crippen LogP contribution < -0.4 is 10.6 Å². The Bertz CT molecular complexity index is 1430. The molecule has 204 valence electrons. The summed E-state index contributed by atoms with van der Waals surface area (Å²) in [5, 5.41) is 3.30. The van der Waals surface area contributed by atoms with E-state index >= 15 is 0 Å². The van der Waals surface area contributed by atoms with Crippen molar-refractivity contribution < 1.29 is 26.7 Å². The van der Waals surface area contributed by atoms with Crippen LogP contribution in [0.2, 0.25) is 5.02 Å². The molecule has 1 amide bonds. The van der Waals surface area contributed by atoms with E-state index in [0.29, 0.717) is 23.6 Å². The normalized spacial score (nSPS) is 12.8. The largest absolute Gasteiger partial charge is 0.432 e. The lowest BCUT2D eigenvalue weighted by molar-refractivity contribution is -0.0577. The Morgan fingerprint density at radius 3 is 2.21 bits per heavy atom. The monoisotopic (exact) mass is 564 g/mol. The summed E-state index contributed by atoms with van der Waals surface area (Å²) in [5.41, 5.74) is 3.45. The molecule has 39 heavy (non-hydrogen) atoms. The number of nitrogens with zero attached hydrogens (tertiary/aromatic N) is 3. The van der Waals surface area contributed by atoms with E-state index < -0.39 is 35.0 Å². The molecule has 0 aliphatic heterocycles. The number of amides is 1. The number of allylic oxidation sites excluding steroid dienone is 1. The number of anilines is 1. The van der Waals surface area contributed by atoms with Gasteiger partial charge in [-0.3, -0.25) is 9.79 Å². The van der Waals surface area contributed by atoms with Gasteiger partial charge in [0, 0.05) is 47.1 Å². The summed E-state index contributed by atoms with van der Waals surface area (Å²) in [6.07, 6.45) is -4.23. The molecule has 0 aromatic heterocycles. The second-order valence-corrected chi connectivity index (χ2v) is 8.89. The number of nitrogens with two attached hydrogens (primary N) is 1. The van der Waals surface area contributed by atoms with Crippen LogP contribution in [-0.4, -0.2) is 24.8 Å². The number of carbonyl (C=O) groups is 1. The zero-order valence-electron chi connectivity index (χ0n) is 20.6. The standard InChI is InChI=1S/C27H22ClF5N4O2/c1-26(29,30)21-6-4-3-5-19(21)25(38)37(15-16-7-9-17(28)10-8-16)18-11-12-20(23(13-18)36-39)22(34)14-24(35-2)27(31,32)33/h3-14H,15,34H2,1-2H3. The number of aliphatic imine (C=N–C) groups is 1. The van der Waals surface area contributed by atoms with Gasteiger partial charge in [-0.1, -0.05) is 41.9 Å². The van der Waals surface area contributed by atoms with Gasteiger partial charge in [0.05, 0.1) is 6.54 Å². The number of rotatable bonds is 8. The molecule has 6 nitrogen and oxygen atoms in total. The van der Waals surface area contributed by atoms with Crippen molar-refractivity contribution in [1.29, 1.82) is 0 Å². The minimum absolute atomic E-state index is 0.0653. The van der Waals surface area contributed by atoms with Gasteiger partial charge in [-0.05, 0) is 53.2 Å². The van der Waals surface area contributed by atoms with Crippen molar-refractivity contribution in [2.75, 3.05) is 11.9 Å². The van der Waals surface area contributed by atoms with E-state index in [4.69, 9.17) is 17.3 Å². The van der Waals surface area contributed by atoms with Gasteiger partial charge in [-0.25, -0.2) is 8.78 Å². The molecule has 0 spiro atoms. The highest BCUT2D eigenvalue weighted by Gasteiger charge is 2.34. The Balaban J connectivity index is 2.14. The molecule has 3 rings (SSSR count). The van der Waals surface area contributed by atoms with Gasteiger partial charge in [0.15, 0.2) is 0 Å². The van der Waals surface area contributed by atoms with E-state index in [0.717, 1.165) is 24.1 Å². The number of benzene rings is 3. The first kappa shape index (κ1) is 29.4. The van der Waals surface area contributed by atoms with Crippen molar-refractivity contribution in [1.82, 2.24) is 0 Å². The second-order valence-electron chi connectivity index (χ2n) is 8.45. The van der Waals surface area contributed by atoms with Crippen molar-refractivity contribution in [3.05, 3.63) is 105 Å². The van der Waals surface area contributed by atoms with Crippen LogP contribution in [0.3, 0.4) is 0 Å². The summed E-state index contributed by atoms with van der Waals surface area (Å²) in [4.78, 5) is 29.7. The van der Waals surface area contributed by atoms with E-state index in [9.17, 15) is 31.7 Å². The van der Waals surface area contributed by atoms with E-state index in [1.54, 1.807) is 24.3 Å². The molecule has 0 aliphatic rings. The first-order valence-electron chi connectivity index (χ1n) is 11.3. The van der Waals surface area contributed by atoms with Crippen LogP contribution in [0, 0.1) is 4.91 Å². The van der Waals surface area contributed by atoms with Gasteiger partial charge in [-0.2, -0.15) is 13.2 Å². The highest BCUT2D eigenvalue weighted by molar-refractivity contribution is 6.30. The number of hydrogen-bond donors (Lipinski definition) is 1. The van der Waals surface area contributed by atoms with Crippen molar-refractivity contribution in [2.24, 2.45) is 15.9 Å². The number of hydrogen-bond acceptors (Lipinski definition) is 5. The summed E-state index contributed by atoms with van der Waals surface area (Å²) in [5.74, 6) is -4.15. The smallest absolute Gasteiger partial charge is 0.398 e. The van der Waals surface area contributed by atoms with Crippen LogP contribution in [0.1, 0.15) is 34.0 Å². The molecule has 0 saturated carbocycles. The van der Waals surface area contributed by atoms with Gasteiger partial charge in [0.1, 0.15) is 11.4 Å². The summed E-state index contributed by atoms with van der Waals surface area (Å²) < 4.78 is 68.1. The van der Waals surface area contributed by atoms with Crippen LogP contribution in [0.15, 0.2) is 83.0 Å². The topological polar surface area (TPSA) is 88.1 Å². The maximum Gasteiger partial charge on any atom is 0.432 e. The van der Waals surface area contributed by atoms with Gasteiger partial charge < -0.3 is 10.6 Å². The van der Waals surface area contributed by atoms with E-state index in [1.807, 2.05) is 0 Å². The minimum atomic E-state index is -4.79. The molecule has 0 atom stereocenters. The van der Waals surface area contributed by atoms with Crippen molar-refractivity contribution in [2.45, 2.75) is 25.6 Å². The maximum atomic E-state index is 14.3. The lowest BCUT2D eigenvalue weighted by atomic mass is 10.0. The highest BCUT2D eigenvalue weighted by atomic mass is 35.5. The molecule has 0 fully saturated rings. The maximum absolute atomic E-state index is 14.3. The molecule has 0 bridgehead atoms. The van der Waals surface area contributed by atoms with Gasteiger partial charge >= 0.3 is 6.18 Å². The van der Waals surface area contributed by atoms with Crippen molar-refractivity contribution >= 4 is 40.3 Å². The Morgan fingerprint density at radius 2 is 1.64 bits per heavy atom. The summed E-state index contributed by atoms with van der Waals surface area (Å²) in [6.45, 7) is 0.541. The summed E-state index contributed by atoms with van der Waals surface area (Å²) in [6, 6.07) is 15.3. The average molecular weight is 565 g/mol. The fourth-order valence-corrected chi connectivity index (χ4v) is 3.88. The Labute approximate surface area is 225 Å². The van der Waals surface area contributed by atoms with Gasteiger partial charge in [0.25, 0.3) is 11.8 Å². The molecular formula is C27H22ClF5N4O2. The zero-order valence-corrected chi connectivity index (χ0v) is 21.4. The van der Waals surface area contributed by atoms with Crippen LogP contribution >= 0.6 is 11.6 Å². The SMILES string of the molecule is CN=C(C=C(N)c1ccc(N(Cc2ccc(Cl)cc2)C(=O)c2ccccc2C(C)(F)F)cc1N=O)C(F)(F)F. The number of nitroso groups, excluding NO2 is 1. The fraction of sp³-hybridized carbons (Fsp3) is 0.185. The number of carbonyl (C=O) groups excluding carboxylic acids is 1. The molecule has 3 aromatic rings. The molecule has 3 aromatic carbocycles. The average Bonchev–Trinajstić information content (AvgIpc) is 2.89. The Kier molecular flexibility index (Phi) is 8.85. The van der Waals surface area contributed by atoms with Crippen LogP contribution in [0.25, 0.3) is 5.70 Å². The van der Waals surface area contributed by atoms with Crippen LogP contribution in [0.4, 0.5) is 33.3 Å². The Morgan fingerprint density at radius 1 is 1.00 bits per heavy atom. The van der Waals surface area contributed by atoms with Gasteiger partial charge in [-0.15, -0.1) is 4.91 Å².